The van der Waals surface area contributed by atoms with E-state index in [4.69, 9.17) is 0 Å². The van der Waals surface area contributed by atoms with Crippen LogP contribution in [0.15, 0.2) is 58.3 Å². The van der Waals surface area contributed by atoms with E-state index in [2.05, 4.69) is 4.13 Å². The summed E-state index contributed by atoms with van der Waals surface area (Å²) in [6, 6.07) is 7.47. The van der Waals surface area contributed by atoms with Crippen molar-refractivity contribution in [1.29, 1.82) is 0 Å². The van der Waals surface area contributed by atoms with Gasteiger partial charge in [-0.15, -0.1) is 0 Å². The van der Waals surface area contributed by atoms with Crippen LogP contribution in [0.5, 0.6) is 0 Å². The Morgan fingerprint density at radius 3 is 1.81 bits per heavy atom. The molecule has 0 spiro atoms. The van der Waals surface area contributed by atoms with Crippen LogP contribution < -0.4 is 18.9 Å². The molecule has 0 bridgehead atoms. The van der Waals surface area contributed by atoms with Gasteiger partial charge in [0.2, 0.25) is 0 Å². The van der Waals surface area contributed by atoms with E-state index in [1.165, 1.54) is 12.1 Å². The standard InChI is InChI=1S/C12H8N3O8S2.Li/c16-14(17)9-5-7-10(8-6-9)24(20,21)13-25(22,23)12-4-2-1-3-11(12)15(18)19;/h1-8H;/q-1;+1. The Morgan fingerprint density at radius 1 is 0.769 bits per heavy atom. The van der Waals surface area contributed by atoms with Gasteiger partial charge in [-0.2, -0.15) is 0 Å². The van der Waals surface area contributed by atoms with E-state index in [9.17, 15) is 37.1 Å². The monoisotopic (exact) mass is 393 g/mol. The van der Waals surface area contributed by atoms with E-state index in [0.29, 0.717) is 0 Å². The molecule has 2 aromatic rings. The van der Waals surface area contributed by atoms with Crippen molar-refractivity contribution in [1.82, 2.24) is 0 Å². The topological polar surface area (TPSA) is 169 Å². The van der Waals surface area contributed by atoms with Gasteiger partial charge in [-0.05, 0) is 18.2 Å². The van der Waals surface area contributed by atoms with E-state index in [1.807, 2.05) is 0 Å². The zero-order chi connectivity index (χ0) is 18.8. The number of hydrogen-bond acceptors (Lipinski definition) is 8. The molecule has 0 N–H and O–H groups in total. The summed E-state index contributed by atoms with van der Waals surface area (Å²) in [6.07, 6.45) is 0. The zero-order valence-electron chi connectivity index (χ0n) is 13.0. The summed E-state index contributed by atoms with van der Waals surface area (Å²) >= 11 is 0. The third-order valence-corrected chi connectivity index (χ3v) is 6.22. The molecule has 132 valence electrons. The maximum absolute atomic E-state index is 12.2. The van der Waals surface area contributed by atoms with Crippen molar-refractivity contribution in [3.05, 3.63) is 72.9 Å². The van der Waals surface area contributed by atoms with Crippen LogP contribution in [0.2, 0.25) is 0 Å². The van der Waals surface area contributed by atoms with Crippen molar-refractivity contribution in [2.45, 2.75) is 9.79 Å². The van der Waals surface area contributed by atoms with Gasteiger partial charge in [-0.1, -0.05) is 12.1 Å². The SMILES string of the molecule is O=[N+]([O-])c1ccc(S(=O)(=O)[N-]S(=O)(=O)c2ccccc2[N+](=O)[O-])cc1.[Li+]. The van der Waals surface area contributed by atoms with Gasteiger partial charge in [0.15, 0.2) is 0 Å². The number of rotatable bonds is 6. The minimum atomic E-state index is -4.91. The van der Waals surface area contributed by atoms with Crippen LogP contribution in [0.3, 0.4) is 0 Å². The summed E-state index contributed by atoms with van der Waals surface area (Å²) in [5.41, 5.74) is -1.23. The van der Waals surface area contributed by atoms with Crippen LogP contribution >= 0.6 is 0 Å². The molecule has 0 amide bonds. The van der Waals surface area contributed by atoms with E-state index < -0.39 is 51.1 Å². The van der Waals surface area contributed by atoms with Gasteiger partial charge >= 0.3 is 18.9 Å². The average Bonchev–Trinajstić information content (AvgIpc) is 2.54. The van der Waals surface area contributed by atoms with E-state index >= 15 is 0 Å². The van der Waals surface area contributed by atoms with Gasteiger partial charge in [0.1, 0.15) is 24.9 Å². The molecule has 26 heavy (non-hydrogen) atoms. The minimum absolute atomic E-state index is 0. The van der Waals surface area contributed by atoms with Gasteiger partial charge in [0.05, 0.1) is 9.85 Å². The molecule has 0 aliphatic carbocycles. The van der Waals surface area contributed by atoms with Crippen LogP contribution in [0.1, 0.15) is 0 Å². The molecule has 11 nitrogen and oxygen atoms in total. The number of sulfonamides is 2. The second-order valence-electron chi connectivity index (χ2n) is 4.50. The summed E-state index contributed by atoms with van der Waals surface area (Å²) < 4.78 is 51.3. The minimum Gasteiger partial charge on any atom is -0.427 e. The second kappa shape index (κ2) is 7.93. The molecule has 0 unspecified atom stereocenters. The number of benzene rings is 2. The van der Waals surface area contributed by atoms with Gasteiger partial charge in [-0.3, -0.25) is 20.2 Å². The van der Waals surface area contributed by atoms with Crippen molar-refractivity contribution >= 4 is 31.4 Å². The smallest absolute Gasteiger partial charge is 0.427 e. The van der Waals surface area contributed by atoms with Gasteiger partial charge in [0.25, 0.3) is 11.4 Å². The molecule has 0 saturated carbocycles. The Bertz CT molecular complexity index is 1050. The Kier molecular flexibility index (Phi) is 6.63. The predicted octanol–water partition coefficient (Wildman–Crippen LogP) is -1.04. The molecule has 0 atom stereocenters. The van der Waals surface area contributed by atoms with Gasteiger partial charge in [0, 0.05) is 23.1 Å². The van der Waals surface area contributed by atoms with Gasteiger partial charge < -0.3 is 4.13 Å². The summed E-state index contributed by atoms with van der Waals surface area (Å²) in [5.74, 6) is 0. The number of hydrogen-bond donors (Lipinski definition) is 0. The molecule has 0 saturated heterocycles. The first-order chi connectivity index (χ1) is 11.5. The molecule has 0 aromatic heterocycles. The molecule has 0 heterocycles. The number of nitro benzene ring substituents is 2. The number of para-hydroxylation sites is 1. The largest absolute Gasteiger partial charge is 1.00 e. The fourth-order valence-electron chi connectivity index (χ4n) is 1.78. The van der Waals surface area contributed by atoms with Crippen LogP contribution in [-0.4, -0.2) is 26.7 Å². The van der Waals surface area contributed by atoms with Crippen molar-refractivity contribution < 1.29 is 45.5 Å². The van der Waals surface area contributed by atoms with E-state index in [-0.39, 0.29) is 18.9 Å². The van der Waals surface area contributed by atoms with E-state index in [0.717, 1.165) is 36.4 Å². The fourth-order valence-corrected chi connectivity index (χ4v) is 4.61. The number of non-ortho nitro benzene ring substituents is 1. The second-order valence-corrected chi connectivity index (χ2v) is 7.91. The molecule has 0 aliphatic heterocycles. The Balaban J connectivity index is 0.00000338. The van der Waals surface area contributed by atoms with Crippen LogP contribution in [0, 0.1) is 20.2 Å². The summed E-state index contributed by atoms with van der Waals surface area (Å²) in [4.78, 5) is 18.2. The molecule has 0 radical (unpaired) electrons. The van der Waals surface area contributed by atoms with Gasteiger partial charge in [-0.25, -0.2) is 16.8 Å². The third-order valence-electron chi connectivity index (χ3n) is 2.88. The van der Waals surface area contributed by atoms with Crippen LogP contribution in [0.25, 0.3) is 4.13 Å². The Morgan fingerprint density at radius 2 is 1.31 bits per heavy atom. The first-order valence-electron chi connectivity index (χ1n) is 6.27. The maximum Gasteiger partial charge on any atom is 1.00 e. The normalized spacial score (nSPS) is 11.4. The molecule has 2 rings (SSSR count). The van der Waals surface area contributed by atoms with E-state index in [1.54, 1.807) is 0 Å². The summed E-state index contributed by atoms with van der Waals surface area (Å²) in [6.45, 7) is 0. The molecule has 14 heteroatoms. The summed E-state index contributed by atoms with van der Waals surface area (Å²) in [7, 11) is -9.67. The van der Waals surface area contributed by atoms with Crippen molar-refractivity contribution in [3.8, 4) is 0 Å². The number of nitro groups is 2. The fraction of sp³-hybridized carbons (Fsp3) is 0. The molecule has 0 fully saturated rings. The van der Waals surface area contributed by atoms with Crippen molar-refractivity contribution in [3.63, 3.8) is 0 Å². The predicted molar refractivity (Wildman–Crippen MR) is 83.9 cm³/mol. The Labute approximate surface area is 159 Å². The quantitative estimate of drug-likeness (QED) is 0.340. The molecular formula is C12H8LiN3O8S2. The average molecular weight is 393 g/mol. The van der Waals surface area contributed by atoms with Crippen LogP contribution in [0.4, 0.5) is 11.4 Å². The first-order valence-corrected chi connectivity index (χ1v) is 9.15. The molecule has 0 aliphatic rings. The maximum atomic E-state index is 12.2. The van der Waals surface area contributed by atoms with Crippen molar-refractivity contribution in [2.75, 3.05) is 0 Å². The van der Waals surface area contributed by atoms with Crippen LogP contribution in [-0.2, 0) is 20.0 Å². The molecule has 2 aromatic carbocycles. The third kappa shape index (κ3) is 4.65. The Hall–Kier alpha value is -2.30. The first kappa shape index (κ1) is 21.7. The molecular weight excluding hydrogens is 385 g/mol. The number of nitrogens with zero attached hydrogens (tertiary/aromatic N) is 3. The summed E-state index contributed by atoms with van der Waals surface area (Å²) in [5, 5.41) is 21.4. The zero-order valence-corrected chi connectivity index (χ0v) is 14.7. The van der Waals surface area contributed by atoms with Crippen molar-refractivity contribution in [2.24, 2.45) is 0 Å².